The van der Waals surface area contributed by atoms with E-state index in [4.69, 9.17) is 9.47 Å². The van der Waals surface area contributed by atoms with Gasteiger partial charge in [-0.1, -0.05) is 0 Å². The highest BCUT2D eigenvalue weighted by atomic mass is 19.4. The zero-order valence-electron chi connectivity index (χ0n) is 17.0. The number of hydrogen-bond donors (Lipinski definition) is 0. The van der Waals surface area contributed by atoms with Gasteiger partial charge in [-0.3, -0.25) is 0 Å². The predicted molar refractivity (Wildman–Crippen MR) is 105 cm³/mol. The van der Waals surface area contributed by atoms with Crippen molar-refractivity contribution in [2.75, 3.05) is 37.8 Å². The molecule has 0 bridgehead atoms. The van der Waals surface area contributed by atoms with E-state index in [-0.39, 0.29) is 12.6 Å². The molecule has 30 heavy (non-hydrogen) atoms. The molecule has 1 saturated heterocycles. The van der Waals surface area contributed by atoms with E-state index in [0.29, 0.717) is 54.8 Å². The topological polar surface area (TPSA) is 56.6 Å². The van der Waals surface area contributed by atoms with E-state index < -0.39 is 17.7 Å². The van der Waals surface area contributed by atoms with Gasteiger partial charge in [-0.2, -0.15) is 13.2 Å². The van der Waals surface area contributed by atoms with Gasteiger partial charge in [0.15, 0.2) is 5.69 Å². The highest BCUT2D eigenvalue weighted by Gasteiger charge is 2.36. The molecule has 0 N–H and O–H groups in total. The van der Waals surface area contributed by atoms with Crippen LogP contribution in [0.25, 0.3) is 11.4 Å². The molecule has 1 saturated carbocycles. The summed E-state index contributed by atoms with van der Waals surface area (Å²) in [7, 11) is 0. The van der Waals surface area contributed by atoms with Crippen LogP contribution in [0.3, 0.4) is 0 Å². The molecule has 1 aromatic heterocycles. The summed E-state index contributed by atoms with van der Waals surface area (Å²) in [5.74, 6) is -0.125. The first-order chi connectivity index (χ1) is 14.3. The van der Waals surface area contributed by atoms with E-state index in [0.717, 1.165) is 18.9 Å². The summed E-state index contributed by atoms with van der Waals surface area (Å²) in [5, 5.41) is 0. The van der Waals surface area contributed by atoms with Crippen molar-refractivity contribution in [1.82, 2.24) is 9.55 Å². The smallest absolute Gasteiger partial charge is 0.416 e. The molecule has 0 amide bonds. The number of hydrogen-bond acceptors (Lipinski definition) is 5. The van der Waals surface area contributed by atoms with Crippen LogP contribution in [0.15, 0.2) is 18.2 Å². The van der Waals surface area contributed by atoms with Gasteiger partial charge in [0.1, 0.15) is 5.82 Å². The molecule has 2 aliphatic rings. The maximum Gasteiger partial charge on any atom is 0.416 e. The normalized spacial score (nSPS) is 17.3. The second kappa shape index (κ2) is 7.94. The Morgan fingerprint density at radius 3 is 2.53 bits per heavy atom. The van der Waals surface area contributed by atoms with E-state index in [1.807, 2.05) is 4.90 Å². The Labute approximate surface area is 172 Å². The number of anilines is 1. The van der Waals surface area contributed by atoms with Gasteiger partial charge < -0.3 is 18.9 Å². The van der Waals surface area contributed by atoms with Crippen molar-refractivity contribution in [3.05, 3.63) is 35.2 Å². The number of imidazole rings is 1. The first-order valence-corrected chi connectivity index (χ1v) is 10.1. The van der Waals surface area contributed by atoms with Crippen LogP contribution >= 0.6 is 0 Å². The van der Waals surface area contributed by atoms with Gasteiger partial charge in [0, 0.05) is 30.4 Å². The van der Waals surface area contributed by atoms with Crippen LogP contribution in [-0.2, 0) is 15.7 Å². The fourth-order valence-electron chi connectivity index (χ4n) is 3.79. The molecule has 1 aromatic carbocycles. The van der Waals surface area contributed by atoms with E-state index in [1.54, 1.807) is 24.5 Å². The minimum atomic E-state index is -4.49. The molecule has 2 fully saturated rings. The van der Waals surface area contributed by atoms with Gasteiger partial charge in [0.05, 0.1) is 31.1 Å². The van der Waals surface area contributed by atoms with Crippen LogP contribution in [0.5, 0.6) is 0 Å². The van der Waals surface area contributed by atoms with Gasteiger partial charge in [-0.15, -0.1) is 0 Å². The Hall–Kier alpha value is -2.55. The summed E-state index contributed by atoms with van der Waals surface area (Å²) < 4.78 is 53.3. The summed E-state index contributed by atoms with van der Waals surface area (Å²) in [6.07, 6.45) is -2.79. The van der Waals surface area contributed by atoms with Gasteiger partial charge in [0.2, 0.25) is 0 Å². The Morgan fingerprint density at radius 2 is 1.93 bits per heavy atom. The Morgan fingerprint density at radius 1 is 1.23 bits per heavy atom. The van der Waals surface area contributed by atoms with Gasteiger partial charge in [-0.05, 0) is 44.9 Å². The van der Waals surface area contributed by atoms with Crippen LogP contribution < -0.4 is 4.90 Å². The summed E-state index contributed by atoms with van der Waals surface area (Å²) in [6.45, 7) is 5.59. The second-order valence-corrected chi connectivity index (χ2v) is 7.56. The summed E-state index contributed by atoms with van der Waals surface area (Å²) in [6, 6.07) is 4.04. The van der Waals surface area contributed by atoms with Crippen LogP contribution in [0.1, 0.15) is 47.6 Å². The maximum absolute atomic E-state index is 13.7. The van der Waals surface area contributed by atoms with Crippen molar-refractivity contribution < 1.29 is 27.4 Å². The molecule has 0 unspecified atom stereocenters. The monoisotopic (exact) mass is 423 g/mol. The molecular weight excluding hydrogens is 399 g/mol. The molecule has 4 rings (SSSR count). The number of halogens is 3. The van der Waals surface area contributed by atoms with Crippen molar-refractivity contribution in [3.63, 3.8) is 0 Å². The van der Waals surface area contributed by atoms with Crippen molar-refractivity contribution in [2.24, 2.45) is 0 Å². The van der Waals surface area contributed by atoms with Crippen LogP contribution in [0, 0.1) is 6.92 Å². The number of carbonyl (C=O) groups is 1. The first-order valence-electron chi connectivity index (χ1n) is 10.1. The maximum atomic E-state index is 13.7. The first kappa shape index (κ1) is 20.7. The Bertz CT molecular complexity index is 945. The number of alkyl halides is 3. The zero-order valence-corrected chi connectivity index (χ0v) is 17.0. The lowest BCUT2D eigenvalue weighted by atomic mass is 10.1. The number of rotatable bonds is 5. The minimum Gasteiger partial charge on any atom is -0.461 e. The lowest BCUT2D eigenvalue weighted by Gasteiger charge is -2.29. The van der Waals surface area contributed by atoms with Crippen molar-refractivity contribution >= 4 is 11.7 Å². The molecule has 2 aromatic rings. The number of aryl methyl sites for hydroxylation is 1. The van der Waals surface area contributed by atoms with Crippen molar-refractivity contribution in [3.8, 4) is 11.4 Å². The predicted octanol–water partition coefficient (Wildman–Crippen LogP) is 4.23. The Kier molecular flexibility index (Phi) is 5.48. The summed E-state index contributed by atoms with van der Waals surface area (Å²) in [5.41, 5.74) is 0.864. The third kappa shape index (κ3) is 4.03. The molecule has 162 valence electrons. The number of carbonyl (C=O) groups excluding carboxylic acids is 1. The van der Waals surface area contributed by atoms with E-state index in [1.165, 1.54) is 6.07 Å². The molecule has 2 heterocycles. The Balaban J connectivity index is 1.85. The second-order valence-electron chi connectivity index (χ2n) is 7.56. The number of nitrogens with zero attached hydrogens (tertiary/aromatic N) is 3. The lowest BCUT2D eigenvalue weighted by Crippen LogP contribution is -2.36. The van der Waals surface area contributed by atoms with E-state index >= 15 is 0 Å². The summed E-state index contributed by atoms with van der Waals surface area (Å²) in [4.78, 5) is 18.9. The quantitative estimate of drug-likeness (QED) is 0.674. The van der Waals surface area contributed by atoms with E-state index in [2.05, 4.69) is 4.98 Å². The molecule has 9 heteroatoms. The molecular formula is C21H24F3N3O3. The number of aromatic nitrogens is 2. The van der Waals surface area contributed by atoms with E-state index in [9.17, 15) is 18.0 Å². The molecule has 6 nitrogen and oxygen atoms in total. The fraction of sp³-hybridized carbons (Fsp3) is 0.524. The highest BCUT2D eigenvalue weighted by Crippen LogP contribution is 2.42. The SMILES string of the molecule is CCOC(=O)c1c(C)nc(-c2cc(N3CCOCC3)cc(C(F)(F)F)c2)n1C1CC1. The number of benzene rings is 1. The average Bonchev–Trinajstić information content (AvgIpc) is 3.50. The minimum absolute atomic E-state index is 0.0435. The third-order valence-electron chi connectivity index (χ3n) is 5.35. The average molecular weight is 423 g/mol. The zero-order chi connectivity index (χ0) is 21.5. The van der Waals surface area contributed by atoms with Crippen LogP contribution in [-0.4, -0.2) is 48.4 Å². The van der Waals surface area contributed by atoms with Crippen molar-refractivity contribution in [2.45, 2.75) is 38.9 Å². The van der Waals surface area contributed by atoms with Gasteiger partial charge >= 0.3 is 12.1 Å². The summed E-state index contributed by atoms with van der Waals surface area (Å²) >= 11 is 0. The number of ether oxygens (including phenoxy) is 2. The van der Waals surface area contributed by atoms with Crippen LogP contribution in [0.2, 0.25) is 0 Å². The molecule has 1 aliphatic carbocycles. The highest BCUT2D eigenvalue weighted by molar-refractivity contribution is 5.90. The largest absolute Gasteiger partial charge is 0.461 e. The third-order valence-corrected chi connectivity index (χ3v) is 5.35. The number of esters is 1. The molecule has 0 atom stereocenters. The number of morpholine rings is 1. The standard InChI is InChI=1S/C21H24F3N3O3/c1-3-30-20(28)18-13(2)25-19(27(18)16-4-5-16)14-10-15(21(22,23)24)12-17(11-14)26-6-8-29-9-7-26/h10-12,16H,3-9H2,1-2H3. The lowest BCUT2D eigenvalue weighted by molar-refractivity contribution is -0.137. The fourth-order valence-corrected chi connectivity index (χ4v) is 3.79. The van der Waals surface area contributed by atoms with Crippen molar-refractivity contribution in [1.29, 1.82) is 0 Å². The molecule has 1 aliphatic heterocycles. The van der Waals surface area contributed by atoms with Crippen LogP contribution in [0.4, 0.5) is 18.9 Å². The van der Waals surface area contributed by atoms with Gasteiger partial charge in [0.25, 0.3) is 0 Å². The van der Waals surface area contributed by atoms with Gasteiger partial charge in [-0.25, -0.2) is 9.78 Å². The molecule has 0 radical (unpaired) electrons. The molecule has 0 spiro atoms.